The first kappa shape index (κ1) is 19.0. The van der Waals surface area contributed by atoms with Crippen LogP contribution in [0.1, 0.15) is 26.3 Å². The van der Waals surface area contributed by atoms with Crippen LogP contribution >= 0.6 is 27.3 Å². The van der Waals surface area contributed by atoms with Crippen LogP contribution in [0.15, 0.2) is 77.4 Å². The molecule has 3 aromatic heterocycles. The largest absolute Gasteiger partial charge is 0.294 e. The minimum atomic E-state index is 0.0634. The fourth-order valence-corrected chi connectivity index (χ4v) is 5.94. The molecular formula is C27H21BrN2S. The third-order valence-corrected chi connectivity index (χ3v) is 7.69. The Kier molecular flexibility index (Phi) is 4.08. The van der Waals surface area contributed by atoms with Crippen LogP contribution in [-0.2, 0) is 5.41 Å². The van der Waals surface area contributed by atoms with Crippen LogP contribution in [0.5, 0.6) is 0 Å². The Morgan fingerprint density at radius 2 is 1.58 bits per heavy atom. The van der Waals surface area contributed by atoms with Crippen molar-refractivity contribution in [1.29, 1.82) is 0 Å². The highest BCUT2D eigenvalue weighted by Gasteiger charge is 2.19. The van der Waals surface area contributed by atoms with Gasteiger partial charge in [0.25, 0.3) is 0 Å². The van der Waals surface area contributed by atoms with Crippen LogP contribution in [-0.4, -0.2) is 9.55 Å². The molecule has 0 atom stereocenters. The Bertz CT molecular complexity index is 1630. The van der Waals surface area contributed by atoms with Crippen LogP contribution in [0.2, 0.25) is 0 Å². The number of benzene rings is 3. The quantitative estimate of drug-likeness (QED) is 0.228. The zero-order valence-corrected chi connectivity index (χ0v) is 20.0. The molecule has 0 saturated heterocycles. The molecule has 0 fully saturated rings. The SMILES string of the molecule is CC(C)(C)c1ccnc(-n2c3cc(Br)ccc3c3cc4sc5ccccc5c4cc32)c1. The van der Waals surface area contributed by atoms with E-state index in [0.29, 0.717) is 0 Å². The molecule has 0 N–H and O–H groups in total. The molecule has 152 valence electrons. The second-order valence-electron chi connectivity index (χ2n) is 9.11. The van der Waals surface area contributed by atoms with Crippen LogP contribution in [0.4, 0.5) is 0 Å². The lowest BCUT2D eigenvalue weighted by atomic mass is 9.88. The zero-order chi connectivity index (χ0) is 21.3. The van der Waals surface area contributed by atoms with Gasteiger partial charge in [0, 0.05) is 41.6 Å². The van der Waals surface area contributed by atoms with Gasteiger partial charge < -0.3 is 0 Å². The van der Waals surface area contributed by atoms with Crippen molar-refractivity contribution in [3.63, 3.8) is 0 Å². The number of thiophene rings is 1. The fourth-order valence-electron chi connectivity index (χ4n) is 4.46. The number of halogens is 1. The first-order valence-electron chi connectivity index (χ1n) is 10.4. The average molecular weight is 485 g/mol. The van der Waals surface area contributed by atoms with Gasteiger partial charge in [-0.1, -0.05) is 61.0 Å². The molecule has 0 spiro atoms. The molecule has 4 heteroatoms. The third-order valence-electron chi connectivity index (χ3n) is 6.07. The molecule has 0 aliphatic carbocycles. The van der Waals surface area contributed by atoms with Gasteiger partial charge in [-0.05, 0) is 53.4 Å². The van der Waals surface area contributed by atoms with Crippen molar-refractivity contribution in [3.8, 4) is 5.82 Å². The summed E-state index contributed by atoms with van der Waals surface area (Å²) in [5, 5.41) is 5.15. The van der Waals surface area contributed by atoms with E-state index in [-0.39, 0.29) is 5.41 Å². The van der Waals surface area contributed by atoms with Crippen LogP contribution in [0.25, 0.3) is 47.8 Å². The second-order valence-corrected chi connectivity index (χ2v) is 11.1. The summed E-state index contributed by atoms with van der Waals surface area (Å²) in [6.07, 6.45) is 1.93. The predicted molar refractivity (Wildman–Crippen MR) is 138 cm³/mol. The molecule has 6 aromatic rings. The van der Waals surface area contributed by atoms with E-state index < -0.39 is 0 Å². The number of rotatable bonds is 1. The van der Waals surface area contributed by atoms with Gasteiger partial charge in [-0.3, -0.25) is 4.57 Å². The van der Waals surface area contributed by atoms with Gasteiger partial charge in [0.05, 0.1) is 11.0 Å². The standard InChI is InChI=1S/C27H21BrN2S/c1-27(2,3)16-10-11-29-26(12-16)30-22-13-17(28)8-9-18(22)20-15-25-21(14-23(20)30)19-6-4-5-7-24(19)31-25/h4-15H,1-3H3. The lowest BCUT2D eigenvalue weighted by Gasteiger charge is -2.20. The molecule has 3 aromatic carbocycles. The van der Waals surface area contributed by atoms with E-state index in [1.54, 1.807) is 0 Å². The molecule has 2 nitrogen and oxygen atoms in total. The van der Waals surface area contributed by atoms with Crippen molar-refractivity contribution in [2.75, 3.05) is 0 Å². The van der Waals surface area contributed by atoms with Crippen LogP contribution < -0.4 is 0 Å². The Hall–Kier alpha value is -2.69. The summed E-state index contributed by atoms with van der Waals surface area (Å²) in [6, 6.07) is 24.3. The van der Waals surface area contributed by atoms with E-state index in [9.17, 15) is 0 Å². The summed E-state index contributed by atoms with van der Waals surface area (Å²) in [4.78, 5) is 4.81. The Balaban J connectivity index is 1.78. The Morgan fingerprint density at radius 1 is 0.774 bits per heavy atom. The topological polar surface area (TPSA) is 17.8 Å². The lowest BCUT2D eigenvalue weighted by Crippen LogP contribution is -2.12. The predicted octanol–water partition coefficient (Wildman–Crippen LogP) is 8.61. The number of hydrogen-bond donors (Lipinski definition) is 0. The third kappa shape index (κ3) is 2.93. The van der Waals surface area contributed by atoms with Gasteiger partial charge in [-0.2, -0.15) is 0 Å². The molecule has 0 saturated carbocycles. The molecular weight excluding hydrogens is 464 g/mol. The van der Waals surface area contributed by atoms with E-state index in [0.717, 1.165) is 10.3 Å². The highest BCUT2D eigenvalue weighted by molar-refractivity contribution is 9.10. The minimum Gasteiger partial charge on any atom is -0.294 e. The van der Waals surface area contributed by atoms with Crippen molar-refractivity contribution in [3.05, 3.63) is 83.0 Å². The fraction of sp³-hybridized carbons (Fsp3) is 0.148. The summed E-state index contributed by atoms with van der Waals surface area (Å²) < 4.78 is 6.04. The van der Waals surface area contributed by atoms with Gasteiger partial charge in [-0.15, -0.1) is 11.3 Å². The van der Waals surface area contributed by atoms with Crippen molar-refractivity contribution in [2.24, 2.45) is 0 Å². The van der Waals surface area contributed by atoms with Gasteiger partial charge >= 0.3 is 0 Å². The van der Waals surface area contributed by atoms with E-state index in [1.807, 2.05) is 17.5 Å². The van der Waals surface area contributed by atoms with E-state index in [2.05, 4.69) is 108 Å². The van der Waals surface area contributed by atoms with E-state index in [1.165, 1.54) is 47.5 Å². The summed E-state index contributed by atoms with van der Waals surface area (Å²) in [5.41, 5.74) is 3.71. The van der Waals surface area contributed by atoms with Gasteiger partial charge in [0.2, 0.25) is 0 Å². The molecule has 0 radical (unpaired) electrons. The van der Waals surface area contributed by atoms with Crippen molar-refractivity contribution >= 4 is 69.2 Å². The molecule has 0 aliphatic heterocycles. The average Bonchev–Trinajstić information content (AvgIpc) is 3.26. The maximum absolute atomic E-state index is 4.81. The minimum absolute atomic E-state index is 0.0634. The maximum atomic E-state index is 4.81. The monoisotopic (exact) mass is 484 g/mol. The summed E-state index contributed by atoms with van der Waals surface area (Å²) >= 11 is 5.54. The highest BCUT2D eigenvalue weighted by Crippen LogP contribution is 2.41. The smallest absolute Gasteiger partial charge is 0.137 e. The number of nitrogens with zero attached hydrogens (tertiary/aromatic N) is 2. The van der Waals surface area contributed by atoms with Crippen molar-refractivity contribution < 1.29 is 0 Å². The summed E-state index contributed by atoms with van der Waals surface area (Å²) in [5.74, 6) is 0.962. The number of pyridine rings is 1. The van der Waals surface area contributed by atoms with E-state index >= 15 is 0 Å². The molecule has 0 amide bonds. The van der Waals surface area contributed by atoms with E-state index in [4.69, 9.17) is 4.98 Å². The normalized spacial score (nSPS) is 12.5. The molecule has 0 bridgehead atoms. The second kappa shape index (κ2) is 6.65. The van der Waals surface area contributed by atoms with Crippen LogP contribution in [0.3, 0.4) is 0 Å². The zero-order valence-electron chi connectivity index (χ0n) is 17.6. The summed E-state index contributed by atoms with van der Waals surface area (Å²) in [6.45, 7) is 6.74. The molecule has 0 aliphatic rings. The van der Waals surface area contributed by atoms with Gasteiger partial charge in [0.1, 0.15) is 5.82 Å². The molecule has 31 heavy (non-hydrogen) atoms. The lowest BCUT2D eigenvalue weighted by molar-refractivity contribution is 0.588. The molecule has 3 heterocycles. The number of aromatic nitrogens is 2. The van der Waals surface area contributed by atoms with Crippen LogP contribution in [0, 0.1) is 0 Å². The maximum Gasteiger partial charge on any atom is 0.137 e. The van der Waals surface area contributed by atoms with Crippen molar-refractivity contribution in [1.82, 2.24) is 9.55 Å². The van der Waals surface area contributed by atoms with Gasteiger partial charge in [0.15, 0.2) is 0 Å². The van der Waals surface area contributed by atoms with Crippen molar-refractivity contribution in [2.45, 2.75) is 26.2 Å². The molecule has 6 rings (SSSR count). The molecule has 0 unspecified atom stereocenters. The Labute approximate surface area is 193 Å². The number of hydrogen-bond acceptors (Lipinski definition) is 2. The first-order chi connectivity index (χ1) is 14.9. The first-order valence-corrected chi connectivity index (χ1v) is 12.0. The highest BCUT2D eigenvalue weighted by atomic mass is 79.9. The number of fused-ring (bicyclic) bond motifs is 6. The Morgan fingerprint density at radius 3 is 2.42 bits per heavy atom. The van der Waals surface area contributed by atoms with Gasteiger partial charge in [-0.25, -0.2) is 4.98 Å². The summed E-state index contributed by atoms with van der Waals surface area (Å²) in [7, 11) is 0.